The van der Waals surface area contributed by atoms with Gasteiger partial charge in [-0.25, -0.2) is 4.98 Å². The third kappa shape index (κ3) is 1.73. The van der Waals surface area contributed by atoms with E-state index in [1.807, 2.05) is 12.3 Å². The lowest BCUT2D eigenvalue weighted by Gasteiger charge is -2.05. The van der Waals surface area contributed by atoms with Crippen LogP contribution < -0.4 is 0 Å². The Bertz CT molecular complexity index is 672. The van der Waals surface area contributed by atoms with Gasteiger partial charge in [-0.3, -0.25) is 0 Å². The molecule has 3 aromatic rings. The van der Waals surface area contributed by atoms with Gasteiger partial charge < -0.3 is 4.57 Å². The van der Waals surface area contributed by atoms with E-state index < -0.39 is 0 Å². The van der Waals surface area contributed by atoms with E-state index in [2.05, 4.69) is 76.4 Å². The summed E-state index contributed by atoms with van der Waals surface area (Å²) < 4.78 is 3.43. The van der Waals surface area contributed by atoms with Gasteiger partial charge in [-0.1, -0.05) is 29.8 Å². The topological polar surface area (TPSA) is 17.8 Å². The molecule has 0 aliphatic heterocycles. The highest BCUT2D eigenvalue weighted by atomic mass is 127. The van der Waals surface area contributed by atoms with Crippen LogP contribution in [0.3, 0.4) is 0 Å². The van der Waals surface area contributed by atoms with Crippen molar-refractivity contribution in [1.82, 2.24) is 9.55 Å². The largest absolute Gasteiger partial charge is 0.327 e. The van der Waals surface area contributed by atoms with E-state index in [9.17, 15) is 0 Å². The zero-order chi connectivity index (χ0) is 12.7. The van der Waals surface area contributed by atoms with E-state index in [0.717, 1.165) is 5.65 Å². The van der Waals surface area contributed by atoms with Gasteiger partial charge in [0.05, 0.1) is 5.69 Å². The molecule has 2 aromatic heterocycles. The van der Waals surface area contributed by atoms with Crippen LogP contribution in [0.25, 0.3) is 22.3 Å². The van der Waals surface area contributed by atoms with Crippen molar-refractivity contribution in [3.63, 3.8) is 0 Å². The van der Waals surface area contributed by atoms with Crippen molar-refractivity contribution >= 4 is 33.6 Å². The second kappa shape index (κ2) is 4.39. The summed E-state index contributed by atoms with van der Waals surface area (Å²) >= 11 is 2.41. The number of aromatic nitrogens is 2. The monoisotopic (exact) mass is 348 g/mol. The maximum Gasteiger partial charge on any atom is 0.141 e. The molecule has 0 bridgehead atoms. The molecule has 3 rings (SSSR count). The van der Waals surface area contributed by atoms with Gasteiger partial charge >= 0.3 is 0 Å². The molecular weight excluding hydrogens is 335 g/mol. The maximum atomic E-state index is 4.46. The Labute approximate surface area is 120 Å². The lowest BCUT2D eigenvalue weighted by molar-refractivity contribution is 0.955. The lowest BCUT2D eigenvalue weighted by atomic mass is 10.1. The number of hydrogen-bond acceptors (Lipinski definition) is 1. The summed E-state index contributed by atoms with van der Waals surface area (Å²) in [5.41, 5.74) is 4.80. The second-order valence-corrected chi connectivity index (χ2v) is 5.54. The highest BCUT2D eigenvalue weighted by molar-refractivity contribution is 14.1. The van der Waals surface area contributed by atoms with Gasteiger partial charge in [0, 0.05) is 22.2 Å². The van der Waals surface area contributed by atoms with Crippen molar-refractivity contribution < 1.29 is 0 Å². The first-order valence-corrected chi connectivity index (χ1v) is 6.92. The number of pyridine rings is 1. The molecule has 0 spiro atoms. The molecule has 3 heteroatoms. The van der Waals surface area contributed by atoms with Crippen molar-refractivity contribution in [3.8, 4) is 11.3 Å². The fourth-order valence-corrected chi connectivity index (χ4v) is 3.34. The second-order valence-electron chi connectivity index (χ2n) is 4.46. The van der Waals surface area contributed by atoms with Crippen LogP contribution in [-0.4, -0.2) is 9.55 Å². The van der Waals surface area contributed by atoms with Gasteiger partial charge in [0.15, 0.2) is 0 Å². The van der Waals surface area contributed by atoms with Crippen LogP contribution in [0.2, 0.25) is 0 Å². The highest BCUT2D eigenvalue weighted by Crippen LogP contribution is 2.32. The molecule has 0 unspecified atom stereocenters. The summed E-state index contributed by atoms with van der Waals surface area (Å²) in [6, 6.07) is 12.8. The SMILES string of the molecule is Cc1ccc(-c2c(I)c3cccnc3n2C)cc1. The van der Waals surface area contributed by atoms with E-state index in [0.29, 0.717) is 0 Å². The van der Waals surface area contributed by atoms with Crippen LogP contribution in [0.5, 0.6) is 0 Å². The molecular formula is C15H13IN2. The van der Waals surface area contributed by atoms with Crippen LogP contribution >= 0.6 is 22.6 Å². The third-order valence-electron chi connectivity index (χ3n) is 3.21. The first kappa shape index (κ1) is 11.7. The average molecular weight is 348 g/mol. The predicted octanol–water partition coefficient (Wildman–Crippen LogP) is 4.15. The number of halogens is 1. The number of nitrogens with zero attached hydrogens (tertiary/aromatic N) is 2. The summed E-state index contributed by atoms with van der Waals surface area (Å²) in [5.74, 6) is 0. The standard InChI is InChI=1S/C15H13IN2/c1-10-5-7-11(8-6-10)14-13(16)12-4-3-9-17-15(12)18(14)2/h3-9H,1-2H3. The van der Waals surface area contributed by atoms with Crippen LogP contribution in [0.15, 0.2) is 42.6 Å². The van der Waals surface area contributed by atoms with Crippen molar-refractivity contribution in [2.45, 2.75) is 6.92 Å². The first-order chi connectivity index (χ1) is 8.68. The van der Waals surface area contributed by atoms with Crippen LogP contribution in [0.4, 0.5) is 0 Å². The summed E-state index contributed by atoms with van der Waals surface area (Å²) in [6.45, 7) is 2.11. The van der Waals surface area contributed by atoms with Crippen molar-refractivity contribution in [2.24, 2.45) is 7.05 Å². The molecule has 0 fully saturated rings. The smallest absolute Gasteiger partial charge is 0.141 e. The number of aryl methyl sites for hydroxylation is 2. The van der Waals surface area contributed by atoms with Gasteiger partial charge in [-0.15, -0.1) is 0 Å². The fraction of sp³-hybridized carbons (Fsp3) is 0.133. The molecule has 2 nitrogen and oxygen atoms in total. The molecule has 2 heterocycles. The van der Waals surface area contributed by atoms with E-state index in [1.54, 1.807) is 0 Å². The molecule has 1 aromatic carbocycles. The zero-order valence-corrected chi connectivity index (χ0v) is 12.5. The van der Waals surface area contributed by atoms with Gasteiger partial charge in [-0.2, -0.15) is 0 Å². The molecule has 0 aliphatic carbocycles. The van der Waals surface area contributed by atoms with Crippen LogP contribution in [-0.2, 0) is 7.05 Å². The maximum absolute atomic E-state index is 4.46. The van der Waals surface area contributed by atoms with Gasteiger partial charge in [0.2, 0.25) is 0 Å². The van der Waals surface area contributed by atoms with E-state index in [1.165, 1.54) is 25.8 Å². The quantitative estimate of drug-likeness (QED) is 0.604. The average Bonchev–Trinajstić information content (AvgIpc) is 2.64. The normalized spacial score (nSPS) is 11.1. The van der Waals surface area contributed by atoms with Crippen molar-refractivity contribution in [1.29, 1.82) is 0 Å². The number of benzene rings is 1. The number of fused-ring (bicyclic) bond motifs is 1. The van der Waals surface area contributed by atoms with Crippen molar-refractivity contribution in [2.75, 3.05) is 0 Å². The molecule has 0 N–H and O–H groups in total. The summed E-state index contributed by atoms with van der Waals surface area (Å²) in [7, 11) is 2.08. The fourth-order valence-electron chi connectivity index (χ4n) is 2.25. The van der Waals surface area contributed by atoms with Crippen LogP contribution in [0.1, 0.15) is 5.56 Å². The molecule has 0 atom stereocenters. The van der Waals surface area contributed by atoms with E-state index in [4.69, 9.17) is 0 Å². The molecule has 0 aliphatic rings. The summed E-state index contributed by atoms with van der Waals surface area (Å²) in [6.07, 6.45) is 1.84. The van der Waals surface area contributed by atoms with Gasteiger partial charge in [0.25, 0.3) is 0 Å². The number of hydrogen-bond donors (Lipinski definition) is 0. The third-order valence-corrected chi connectivity index (χ3v) is 4.30. The molecule has 0 radical (unpaired) electrons. The molecule has 0 saturated heterocycles. The Morgan fingerprint density at radius 1 is 1.11 bits per heavy atom. The zero-order valence-electron chi connectivity index (χ0n) is 10.3. The number of rotatable bonds is 1. The Morgan fingerprint density at radius 3 is 2.50 bits per heavy atom. The minimum Gasteiger partial charge on any atom is -0.327 e. The van der Waals surface area contributed by atoms with E-state index >= 15 is 0 Å². The molecule has 90 valence electrons. The Balaban J connectivity index is 2.32. The highest BCUT2D eigenvalue weighted by Gasteiger charge is 2.14. The first-order valence-electron chi connectivity index (χ1n) is 5.84. The Morgan fingerprint density at radius 2 is 1.83 bits per heavy atom. The minimum absolute atomic E-state index is 1.04. The van der Waals surface area contributed by atoms with Crippen molar-refractivity contribution in [3.05, 3.63) is 51.7 Å². The van der Waals surface area contributed by atoms with E-state index in [-0.39, 0.29) is 0 Å². The molecule has 18 heavy (non-hydrogen) atoms. The molecule has 0 saturated carbocycles. The summed E-state index contributed by atoms with van der Waals surface area (Å²) in [5, 5.41) is 1.22. The summed E-state index contributed by atoms with van der Waals surface area (Å²) in [4.78, 5) is 4.46. The van der Waals surface area contributed by atoms with Gasteiger partial charge in [-0.05, 0) is 47.2 Å². The van der Waals surface area contributed by atoms with Crippen LogP contribution in [0, 0.1) is 10.5 Å². The predicted molar refractivity (Wildman–Crippen MR) is 83.6 cm³/mol. The minimum atomic E-state index is 1.04. The Kier molecular flexibility index (Phi) is 2.86. The Hall–Kier alpha value is -1.36. The lowest BCUT2D eigenvalue weighted by Crippen LogP contribution is -1.93. The van der Waals surface area contributed by atoms with Gasteiger partial charge in [0.1, 0.15) is 5.65 Å². The molecule has 0 amide bonds.